The van der Waals surface area contributed by atoms with E-state index in [0.717, 1.165) is 27.6 Å². The van der Waals surface area contributed by atoms with Crippen LogP contribution in [0.4, 0.5) is 0 Å². The molecule has 0 amide bonds. The summed E-state index contributed by atoms with van der Waals surface area (Å²) in [6, 6.07) is 9.81. The van der Waals surface area contributed by atoms with E-state index >= 15 is 0 Å². The molecule has 1 aromatic carbocycles. The zero-order valence-corrected chi connectivity index (χ0v) is 12.5. The first-order valence-electron chi connectivity index (χ1n) is 6.51. The molecule has 5 nitrogen and oxygen atoms in total. The first-order valence-corrected chi connectivity index (χ1v) is 7.49. The number of fused-ring (bicyclic) bond motifs is 1. The van der Waals surface area contributed by atoms with Crippen LogP contribution in [0.3, 0.4) is 0 Å². The summed E-state index contributed by atoms with van der Waals surface area (Å²) in [4.78, 5) is 4.67. The fraction of sp³-hybridized carbons (Fsp3) is 0.133. The molecule has 0 fully saturated rings. The zero-order chi connectivity index (χ0) is 14.8. The number of nitrogens with one attached hydrogen (secondary N) is 1. The normalized spacial score (nSPS) is 10.9. The average Bonchev–Trinajstić information content (AvgIpc) is 2.88. The largest absolute Gasteiger partial charge is 0.283 e. The molecule has 21 heavy (non-hydrogen) atoms. The van der Waals surface area contributed by atoms with E-state index in [0.29, 0.717) is 5.49 Å². The van der Waals surface area contributed by atoms with Gasteiger partial charge in [0.15, 0.2) is 10.8 Å². The van der Waals surface area contributed by atoms with Gasteiger partial charge in [-0.15, -0.1) is 6.58 Å². The van der Waals surface area contributed by atoms with Crippen LogP contribution in [-0.4, -0.2) is 25.1 Å². The molecule has 3 aromatic rings. The molecule has 0 saturated carbocycles. The van der Waals surface area contributed by atoms with E-state index in [2.05, 4.69) is 16.7 Å². The number of nitrogens with zero attached hydrogens (tertiary/aromatic N) is 4. The maximum atomic E-state index is 8.50. The number of benzene rings is 1. The van der Waals surface area contributed by atoms with Gasteiger partial charge in [-0.25, -0.2) is 4.98 Å². The van der Waals surface area contributed by atoms with E-state index in [9.17, 15) is 0 Å². The zero-order valence-electron chi connectivity index (χ0n) is 11.7. The van der Waals surface area contributed by atoms with Crippen molar-refractivity contribution in [1.82, 2.24) is 19.3 Å². The van der Waals surface area contributed by atoms with Crippen LogP contribution in [0, 0.1) is 5.41 Å². The highest BCUT2D eigenvalue weighted by molar-refractivity contribution is 7.99. The Morgan fingerprint density at radius 3 is 2.81 bits per heavy atom. The second kappa shape index (κ2) is 5.57. The summed E-state index contributed by atoms with van der Waals surface area (Å²) >= 11 is 1.56. The lowest BCUT2D eigenvalue weighted by Crippen LogP contribution is -2.22. The summed E-state index contributed by atoms with van der Waals surface area (Å²) in [7, 11) is 1.84. The van der Waals surface area contributed by atoms with Crippen molar-refractivity contribution >= 4 is 22.8 Å². The van der Waals surface area contributed by atoms with Gasteiger partial charge >= 0.3 is 0 Å². The van der Waals surface area contributed by atoms with Gasteiger partial charge in [0, 0.05) is 18.5 Å². The second-order valence-electron chi connectivity index (χ2n) is 4.52. The molecule has 0 aliphatic rings. The quantitative estimate of drug-likeness (QED) is 0.457. The monoisotopic (exact) mass is 297 g/mol. The van der Waals surface area contributed by atoms with E-state index in [1.807, 2.05) is 48.0 Å². The van der Waals surface area contributed by atoms with E-state index in [-0.39, 0.29) is 0 Å². The van der Waals surface area contributed by atoms with Crippen molar-refractivity contribution in [1.29, 1.82) is 5.41 Å². The van der Waals surface area contributed by atoms with Crippen molar-refractivity contribution in [2.75, 3.05) is 5.75 Å². The molecule has 0 unspecified atom stereocenters. The smallest absolute Gasteiger partial charge is 0.176 e. The molecule has 0 aliphatic carbocycles. The van der Waals surface area contributed by atoms with Crippen LogP contribution in [-0.2, 0) is 7.05 Å². The second-order valence-corrected chi connectivity index (χ2v) is 5.51. The lowest BCUT2D eigenvalue weighted by Gasteiger charge is -2.12. The Labute approximate surface area is 126 Å². The third-order valence-electron chi connectivity index (χ3n) is 3.12. The Morgan fingerprint density at radius 1 is 1.33 bits per heavy atom. The standard InChI is InChI=1S/C15H15N5S/c1-3-9-21-15-18-14-12(10-17-19(14)2)13(16)20(15)11-7-5-4-6-8-11/h3-8,10,16H,1,9H2,2H3. The molecule has 106 valence electrons. The Bertz CT molecular complexity index is 848. The maximum absolute atomic E-state index is 8.50. The molecule has 0 radical (unpaired) electrons. The molecule has 2 heterocycles. The van der Waals surface area contributed by atoms with Crippen molar-refractivity contribution in [2.45, 2.75) is 5.16 Å². The topological polar surface area (TPSA) is 59.5 Å². The van der Waals surface area contributed by atoms with Crippen molar-refractivity contribution in [3.8, 4) is 5.69 Å². The van der Waals surface area contributed by atoms with Crippen LogP contribution in [0.5, 0.6) is 0 Å². The van der Waals surface area contributed by atoms with Crippen LogP contribution in [0.1, 0.15) is 0 Å². The highest BCUT2D eigenvalue weighted by Gasteiger charge is 2.13. The predicted octanol–water partition coefficient (Wildman–Crippen LogP) is 2.52. The van der Waals surface area contributed by atoms with Gasteiger partial charge in [0.05, 0.1) is 11.6 Å². The van der Waals surface area contributed by atoms with Gasteiger partial charge in [0.1, 0.15) is 5.49 Å². The average molecular weight is 297 g/mol. The number of thioether (sulfide) groups is 1. The molecule has 0 spiro atoms. The molecule has 1 N–H and O–H groups in total. The lowest BCUT2D eigenvalue weighted by atomic mass is 10.3. The molecular weight excluding hydrogens is 282 g/mol. The van der Waals surface area contributed by atoms with Gasteiger partial charge in [-0.05, 0) is 12.1 Å². The van der Waals surface area contributed by atoms with Crippen molar-refractivity contribution in [2.24, 2.45) is 7.05 Å². The summed E-state index contributed by atoms with van der Waals surface area (Å²) in [5.74, 6) is 0.739. The molecule has 0 bridgehead atoms. The highest BCUT2D eigenvalue weighted by atomic mass is 32.2. The predicted molar refractivity (Wildman–Crippen MR) is 84.6 cm³/mol. The van der Waals surface area contributed by atoms with Crippen molar-refractivity contribution in [3.63, 3.8) is 0 Å². The first kappa shape index (κ1) is 13.6. The fourth-order valence-electron chi connectivity index (χ4n) is 2.13. The minimum Gasteiger partial charge on any atom is -0.283 e. The number of aromatic nitrogens is 4. The van der Waals surface area contributed by atoms with Crippen LogP contribution in [0.25, 0.3) is 16.7 Å². The maximum Gasteiger partial charge on any atom is 0.176 e. The minimum absolute atomic E-state index is 0.394. The van der Waals surface area contributed by atoms with Gasteiger partial charge < -0.3 is 0 Å². The summed E-state index contributed by atoms with van der Waals surface area (Å²) in [6.07, 6.45) is 3.52. The number of rotatable bonds is 4. The van der Waals surface area contributed by atoms with Gasteiger partial charge in [-0.1, -0.05) is 36.0 Å². The third kappa shape index (κ3) is 2.38. The highest BCUT2D eigenvalue weighted by Crippen LogP contribution is 2.20. The lowest BCUT2D eigenvalue weighted by molar-refractivity contribution is 0.749. The minimum atomic E-state index is 0.394. The number of hydrogen-bond donors (Lipinski definition) is 1. The van der Waals surface area contributed by atoms with E-state index in [1.165, 1.54) is 0 Å². The first-order chi connectivity index (χ1) is 10.2. The molecule has 2 aromatic heterocycles. The van der Waals surface area contributed by atoms with Crippen LogP contribution >= 0.6 is 11.8 Å². The van der Waals surface area contributed by atoms with Gasteiger partial charge in [-0.3, -0.25) is 14.7 Å². The van der Waals surface area contributed by atoms with Crippen LogP contribution < -0.4 is 5.49 Å². The summed E-state index contributed by atoms with van der Waals surface area (Å²) in [5, 5.41) is 14.2. The van der Waals surface area contributed by atoms with Gasteiger partial charge in [0.2, 0.25) is 0 Å². The summed E-state index contributed by atoms with van der Waals surface area (Å²) in [5.41, 5.74) is 2.04. The number of para-hydroxylation sites is 1. The van der Waals surface area contributed by atoms with Crippen LogP contribution in [0.15, 0.2) is 54.3 Å². The molecule has 3 rings (SSSR count). The summed E-state index contributed by atoms with van der Waals surface area (Å²) in [6.45, 7) is 3.75. The SMILES string of the molecule is C=CCSc1nc2c(cnn2C)c(=N)n1-c1ccccc1. The van der Waals surface area contributed by atoms with Crippen molar-refractivity contribution < 1.29 is 0 Å². The summed E-state index contributed by atoms with van der Waals surface area (Å²) < 4.78 is 3.54. The van der Waals surface area contributed by atoms with Crippen LogP contribution in [0.2, 0.25) is 0 Å². The molecule has 0 aliphatic heterocycles. The Balaban J connectivity index is 2.32. The van der Waals surface area contributed by atoms with E-state index in [1.54, 1.807) is 22.6 Å². The fourth-order valence-corrected chi connectivity index (χ4v) is 2.88. The molecular formula is C15H15N5S. The molecule has 0 atom stereocenters. The Kier molecular flexibility index (Phi) is 3.62. The third-order valence-corrected chi connectivity index (χ3v) is 4.06. The van der Waals surface area contributed by atoms with Gasteiger partial charge in [-0.2, -0.15) is 5.10 Å². The van der Waals surface area contributed by atoms with Gasteiger partial charge in [0.25, 0.3) is 0 Å². The number of aryl methyl sites for hydroxylation is 1. The number of hydrogen-bond acceptors (Lipinski definition) is 4. The van der Waals surface area contributed by atoms with E-state index in [4.69, 9.17) is 5.41 Å². The van der Waals surface area contributed by atoms with Crippen molar-refractivity contribution in [3.05, 3.63) is 54.7 Å². The Morgan fingerprint density at radius 2 is 2.10 bits per heavy atom. The Hall–Kier alpha value is -2.34. The van der Waals surface area contributed by atoms with E-state index < -0.39 is 0 Å². The molecule has 0 saturated heterocycles. The molecule has 6 heteroatoms.